The van der Waals surface area contributed by atoms with Crippen molar-refractivity contribution in [3.05, 3.63) is 88.4 Å². The maximum atomic E-state index is 13.2. The molecule has 0 saturated heterocycles. The van der Waals surface area contributed by atoms with Gasteiger partial charge in [0, 0.05) is 42.1 Å². The lowest BCUT2D eigenvalue weighted by atomic mass is 9.98. The van der Waals surface area contributed by atoms with Crippen LogP contribution >= 0.6 is 11.6 Å². The summed E-state index contributed by atoms with van der Waals surface area (Å²) in [5.41, 5.74) is 5.15. The first-order valence-corrected chi connectivity index (χ1v) is 13.5. The molecule has 41 heavy (non-hydrogen) atoms. The number of carboxylic acid groups (broad SMARTS) is 1. The maximum absolute atomic E-state index is 13.2. The van der Waals surface area contributed by atoms with E-state index in [1.807, 2.05) is 50.3 Å². The number of anilines is 3. The predicted octanol–water partition coefficient (Wildman–Crippen LogP) is 4.36. The van der Waals surface area contributed by atoms with Crippen molar-refractivity contribution in [3.63, 3.8) is 0 Å². The Bertz CT molecular complexity index is 1470. The zero-order valence-electron chi connectivity index (χ0n) is 23.6. The van der Waals surface area contributed by atoms with E-state index in [9.17, 15) is 14.4 Å². The molecule has 0 bridgehead atoms. The molecule has 3 N–H and O–H groups in total. The molecule has 3 aromatic rings. The molecule has 4 rings (SSSR count). The number of hydrogen-bond acceptors (Lipinski definition) is 6. The third kappa shape index (κ3) is 7.52. The molecular weight excluding hydrogens is 542 g/mol. The zero-order chi connectivity index (χ0) is 29.7. The number of rotatable bonds is 11. The Morgan fingerprint density at radius 3 is 2.24 bits per heavy atom. The molecule has 0 aromatic heterocycles. The molecule has 1 heterocycles. The highest BCUT2D eigenvalue weighted by atomic mass is 35.5. The van der Waals surface area contributed by atoms with Gasteiger partial charge in [-0.3, -0.25) is 19.3 Å². The van der Waals surface area contributed by atoms with E-state index in [0.717, 1.165) is 18.8 Å². The topological polar surface area (TPSA) is 105 Å². The molecule has 9 nitrogen and oxygen atoms in total. The molecule has 0 fully saturated rings. The van der Waals surface area contributed by atoms with E-state index in [1.54, 1.807) is 54.4 Å². The van der Waals surface area contributed by atoms with Gasteiger partial charge in [0.2, 0.25) is 5.91 Å². The molecule has 0 saturated carbocycles. The summed E-state index contributed by atoms with van der Waals surface area (Å²) in [6, 6.07) is 19.7. The normalized spacial score (nSPS) is 13.7. The molecule has 0 unspecified atom stereocenters. The van der Waals surface area contributed by atoms with Crippen molar-refractivity contribution in [2.24, 2.45) is 0 Å². The first kappa shape index (κ1) is 29.8. The minimum absolute atomic E-state index is 0.0193. The van der Waals surface area contributed by atoms with Gasteiger partial charge in [0.25, 0.3) is 5.91 Å². The Balaban J connectivity index is 1.61. The van der Waals surface area contributed by atoms with E-state index in [2.05, 4.69) is 15.5 Å². The van der Waals surface area contributed by atoms with Crippen LogP contribution in [0.5, 0.6) is 0 Å². The van der Waals surface area contributed by atoms with Gasteiger partial charge in [-0.1, -0.05) is 41.9 Å². The SMILES string of the molecule is CN(C)CCN(C)CC(=O)N(C)c1ccc(NC(=C2C(=O)Nc3cc(Cl)ccc32)c2ccc(CC(=O)O)cc2)cc1. The lowest BCUT2D eigenvalue weighted by Gasteiger charge is -2.23. The lowest BCUT2D eigenvalue weighted by molar-refractivity contribution is -0.136. The quantitative estimate of drug-likeness (QED) is 0.292. The van der Waals surface area contributed by atoms with E-state index in [0.29, 0.717) is 50.9 Å². The zero-order valence-corrected chi connectivity index (χ0v) is 24.3. The summed E-state index contributed by atoms with van der Waals surface area (Å²) in [6.45, 7) is 1.95. The number of amides is 2. The summed E-state index contributed by atoms with van der Waals surface area (Å²) in [4.78, 5) is 42.9. The molecule has 0 aliphatic carbocycles. The van der Waals surface area contributed by atoms with Crippen molar-refractivity contribution in [1.29, 1.82) is 0 Å². The number of carbonyl (C=O) groups excluding carboxylic acids is 2. The van der Waals surface area contributed by atoms with Gasteiger partial charge in [-0.15, -0.1) is 0 Å². The second-order valence-corrected chi connectivity index (χ2v) is 10.8. The van der Waals surface area contributed by atoms with E-state index in [4.69, 9.17) is 16.7 Å². The summed E-state index contributed by atoms with van der Waals surface area (Å²) in [5.74, 6) is -1.21. The van der Waals surface area contributed by atoms with Crippen LogP contribution in [0.4, 0.5) is 17.1 Å². The van der Waals surface area contributed by atoms with Gasteiger partial charge < -0.3 is 25.5 Å². The highest BCUT2D eigenvalue weighted by Crippen LogP contribution is 2.39. The summed E-state index contributed by atoms with van der Waals surface area (Å²) in [7, 11) is 7.68. The number of nitrogens with one attached hydrogen (secondary N) is 2. The number of fused-ring (bicyclic) bond motifs is 1. The summed E-state index contributed by atoms with van der Waals surface area (Å²) in [6.07, 6.45) is -0.0967. The Hall–Kier alpha value is -4.18. The minimum atomic E-state index is -0.917. The average molecular weight is 576 g/mol. The molecule has 10 heteroatoms. The number of aliphatic carboxylic acids is 1. The smallest absolute Gasteiger partial charge is 0.307 e. The van der Waals surface area contributed by atoms with Gasteiger partial charge in [-0.05, 0) is 68.7 Å². The molecular formula is C31H34ClN5O4. The second-order valence-electron chi connectivity index (χ2n) is 10.3. The van der Waals surface area contributed by atoms with Crippen LogP contribution in [0.3, 0.4) is 0 Å². The molecule has 0 spiro atoms. The number of benzene rings is 3. The Labute approximate surface area is 245 Å². The van der Waals surface area contributed by atoms with Crippen molar-refractivity contribution in [3.8, 4) is 0 Å². The highest BCUT2D eigenvalue weighted by molar-refractivity contribution is 6.38. The van der Waals surface area contributed by atoms with Crippen LogP contribution < -0.4 is 15.5 Å². The Morgan fingerprint density at radius 2 is 1.61 bits per heavy atom. The summed E-state index contributed by atoms with van der Waals surface area (Å²) < 4.78 is 0. The van der Waals surface area contributed by atoms with Gasteiger partial charge in [-0.2, -0.15) is 0 Å². The van der Waals surface area contributed by atoms with Crippen molar-refractivity contribution >= 4 is 57.7 Å². The number of nitrogens with zero attached hydrogens (tertiary/aromatic N) is 3. The number of hydrogen-bond donors (Lipinski definition) is 3. The average Bonchev–Trinajstić information content (AvgIpc) is 3.25. The monoisotopic (exact) mass is 575 g/mol. The predicted molar refractivity (Wildman–Crippen MR) is 164 cm³/mol. The van der Waals surface area contributed by atoms with Gasteiger partial charge in [0.15, 0.2) is 0 Å². The van der Waals surface area contributed by atoms with Gasteiger partial charge >= 0.3 is 5.97 Å². The number of likely N-dealkylation sites (N-methyl/N-ethyl adjacent to an activating group) is 3. The van der Waals surface area contributed by atoms with E-state index in [1.165, 1.54) is 0 Å². The van der Waals surface area contributed by atoms with Crippen LogP contribution in [0.25, 0.3) is 11.3 Å². The minimum Gasteiger partial charge on any atom is -0.481 e. The van der Waals surface area contributed by atoms with Crippen molar-refractivity contribution < 1.29 is 19.5 Å². The van der Waals surface area contributed by atoms with E-state index >= 15 is 0 Å². The number of halogens is 1. The van der Waals surface area contributed by atoms with Crippen molar-refractivity contribution in [2.45, 2.75) is 6.42 Å². The maximum Gasteiger partial charge on any atom is 0.307 e. The standard InChI is InChI=1S/C31H34ClN5O4/c1-35(2)15-16-36(3)19-27(38)37(4)24-12-10-23(11-13-24)33-30(21-7-5-20(6-8-21)17-28(39)40)29-25-14-9-22(32)18-26(25)34-31(29)41/h5-14,18,33H,15-17,19H2,1-4H3,(H,34,41)(H,39,40). The van der Waals surface area contributed by atoms with Crippen LogP contribution in [0.1, 0.15) is 16.7 Å². The molecule has 1 aliphatic rings. The van der Waals surface area contributed by atoms with E-state index < -0.39 is 5.97 Å². The Kier molecular flexibility index (Phi) is 9.44. The molecule has 3 aromatic carbocycles. The van der Waals surface area contributed by atoms with Crippen molar-refractivity contribution in [2.75, 3.05) is 63.4 Å². The summed E-state index contributed by atoms with van der Waals surface area (Å²) >= 11 is 6.16. The van der Waals surface area contributed by atoms with Crippen LogP contribution in [0.2, 0.25) is 5.02 Å². The third-order valence-electron chi connectivity index (χ3n) is 6.81. The van der Waals surface area contributed by atoms with Crippen LogP contribution in [0, 0.1) is 0 Å². The lowest BCUT2D eigenvalue weighted by Crippen LogP contribution is -2.39. The first-order chi connectivity index (χ1) is 19.5. The van der Waals surface area contributed by atoms with Crippen molar-refractivity contribution in [1.82, 2.24) is 9.80 Å². The molecule has 0 radical (unpaired) electrons. The van der Waals surface area contributed by atoms with Crippen LogP contribution in [0.15, 0.2) is 66.7 Å². The first-order valence-electron chi connectivity index (χ1n) is 13.2. The Morgan fingerprint density at radius 1 is 0.927 bits per heavy atom. The fraction of sp³-hybridized carbons (Fsp3) is 0.258. The number of carbonyl (C=O) groups is 3. The molecule has 2 amide bonds. The van der Waals surface area contributed by atoms with Crippen LogP contribution in [-0.4, -0.2) is 80.5 Å². The van der Waals surface area contributed by atoms with Crippen LogP contribution in [-0.2, 0) is 20.8 Å². The van der Waals surface area contributed by atoms with Gasteiger partial charge in [0.05, 0.1) is 29.9 Å². The third-order valence-corrected chi connectivity index (χ3v) is 7.04. The molecule has 214 valence electrons. The fourth-order valence-electron chi connectivity index (χ4n) is 4.48. The molecule has 1 aliphatic heterocycles. The number of carboxylic acids is 1. The van der Waals surface area contributed by atoms with E-state index in [-0.39, 0.29) is 18.2 Å². The second kappa shape index (κ2) is 13.0. The summed E-state index contributed by atoms with van der Waals surface area (Å²) in [5, 5.41) is 15.9. The van der Waals surface area contributed by atoms with Gasteiger partial charge in [0.1, 0.15) is 0 Å². The fourth-order valence-corrected chi connectivity index (χ4v) is 4.65. The molecule has 0 atom stereocenters. The van der Waals surface area contributed by atoms with Gasteiger partial charge in [-0.25, -0.2) is 0 Å². The largest absolute Gasteiger partial charge is 0.481 e. The highest BCUT2D eigenvalue weighted by Gasteiger charge is 2.28.